The summed E-state index contributed by atoms with van der Waals surface area (Å²) in [7, 11) is 0. The summed E-state index contributed by atoms with van der Waals surface area (Å²) in [4.78, 5) is 4.44. The number of rotatable bonds is 2. The third kappa shape index (κ3) is 1.98. The standard InChI is InChI=1S/C15H13N3/c1-3-7-12(8-4-1)14-15(18-17-11-16-14)13-9-5-2-6-10-13/h1-11,18H,(H,16,17). The first-order valence-electron chi connectivity index (χ1n) is 5.84. The molecule has 1 aliphatic rings. The highest BCUT2D eigenvalue weighted by Gasteiger charge is 2.12. The Kier molecular flexibility index (Phi) is 2.80. The molecule has 88 valence electrons. The fourth-order valence-corrected chi connectivity index (χ4v) is 1.95. The Morgan fingerprint density at radius 3 is 2.00 bits per heavy atom. The largest absolute Gasteiger partial charge is 0.297 e. The zero-order valence-electron chi connectivity index (χ0n) is 9.80. The summed E-state index contributed by atoms with van der Waals surface area (Å²) < 4.78 is 0. The summed E-state index contributed by atoms with van der Waals surface area (Å²) in [6, 6.07) is 20.3. The maximum absolute atomic E-state index is 4.44. The van der Waals surface area contributed by atoms with E-state index in [-0.39, 0.29) is 0 Å². The van der Waals surface area contributed by atoms with Gasteiger partial charge in [0.25, 0.3) is 0 Å². The molecule has 2 N–H and O–H groups in total. The second kappa shape index (κ2) is 4.75. The molecule has 18 heavy (non-hydrogen) atoms. The van der Waals surface area contributed by atoms with Crippen LogP contribution in [0, 0.1) is 0 Å². The molecule has 0 amide bonds. The minimum Gasteiger partial charge on any atom is -0.297 e. The van der Waals surface area contributed by atoms with Gasteiger partial charge >= 0.3 is 0 Å². The van der Waals surface area contributed by atoms with E-state index in [0.717, 1.165) is 22.5 Å². The lowest BCUT2D eigenvalue weighted by atomic mass is 10.1. The molecule has 0 aromatic heterocycles. The van der Waals surface area contributed by atoms with Crippen molar-refractivity contribution >= 4 is 17.7 Å². The van der Waals surface area contributed by atoms with Crippen LogP contribution in [0.2, 0.25) is 0 Å². The van der Waals surface area contributed by atoms with Crippen molar-refractivity contribution in [2.45, 2.75) is 0 Å². The predicted molar refractivity (Wildman–Crippen MR) is 74.5 cm³/mol. The van der Waals surface area contributed by atoms with Crippen molar-refractivity contribution in [3.8, 4) is 0 Å². The number of benzene rings is 2. The van der Waals surface area contributed by atoms with Crippen LogP contribution in [0.15, 0.2) is 65.7 Å². The Bertz CT molecular complexity index is 586. The van der Waals surface area contributed by atoms with E-state index >= 15 is 0 Å². The van der Waals surface area contributed by atoms with Crippen LogP contribution in [0.3, 0.4) is 0 Å². The molecule has 3 rings (SSSR count). The zero-order chi connectivity index (χ0) is 12.2. The molecule has 1 aliphatic heterocycles. The van der Waals surface area contributed by atoms with Gasteiger partial charge in [0.1, 0.15) is 6.34 Å². The van der Waals surface area contributed by atoms with E-state index in [2.05, 4.69) is 40.1 Å². The summed E-state index contributed by atoms with van der Waals surface area (Å²) in [6.07, 6.45) is 1.66. The molecule has 1 heterocycles. The van der Waals surface area contributed by atoms with Crippen LogP contribution in [0.1, 0.15) is 11.1 Å². The number of nitrogens with zero attached hydrogens (tertiary/aromatic N) is 1. The summed E-state index contributed by atoms with van der Waals surface area (Å²) in [5, 5.41) is 0. The van der Waals surface area contributed by atoms with Gasteiger partial charge in [-0.2, -0.15) is 0 Å². The van der Waals surface area contributed by atoms with Crippen molar-refractivity contribution in [1.29, 1.82) is 0 Å². The summed E-state index contributed by atoms with van der Waals surface area (Å²) in [6.45, 7) is 0. The van der Waals surface area contributed by atoms with Crippen LogP contribution >= 0.6 is 0 Å². The van der Waals surface area contributed by atoms with Gasteiger partial charge in [-0.1, -0.05) is 60.7 Å². The summed E-state index contributed by atoms with van der Waals surface area (Å²) in [5.41, 5.74) is 10.2. The molecule has 0 bridgehead atoms. The third-order valence-electron chi connectivity index (χ3n) is 2.80. The lowest BCUT2D eigenvalue weighted by molar-refractivity contribution is 0.845. The van der Waals surface area contributed by atoms with E-state index in [9.17, 15) is 0 Å². The molecule has 0 aliphatic carbocycles. The maximum atomic E-state index is 4.44. The SMILES string of the molecule is C1=NC(c2ccccc2)=C(c2ccccc2)NN1. The average molecular weight is 235 g/mol. The Morgan fingerprint density at radius 1 is 0.722 bits per heavy atom. The normalized spacial score (nSPS) is 14.0. The van der Waals surface area contributed by atoms with Crippen molar-refractivity contribution in [3.63, 3.8) is 0 Å². The molecular formula is C15H13N3. The summed E-state index contributed by atoms with van der Waals surface area (Å²) in [5.74, 6) is 0. The molecule has 3 nitrogen and oxygen atoms in total. The van der Waals surface area contributed by atoms with Gasteiger partial charge in [0.15, 0.2) is 0 Å². The fraction of sp³-hybridized carbons (Fsp3) is 0. The molecule has 0 spiro atoms. The summed E-state index contributed by atoms with van der Waals surface area (Å²) >= 11 is 0. The highest BCUT2D eigenvalue weighted by atomic mass is 15.4. The third-order valence-corrected chi connectivity index (χ3v) is 2.80. The number of hydrazine groups is 1. The van der Waals surface area contributed by atoms with Crippen molar-refractivity contribution in [1.82, 2.24) is 10.9 Å². The van der Waals surface area contributed by atoms with Gasteiger partial charge in [0, 0.05) is 11.1 Å². The smallest absolute Gasteiger partial charge is 0.107 e. The van der Waals surface area contributed by atoms with Gasteiger partial charge in [-0.3, -0.25) is 10.9 Å². The van der Waals surface area contributed by atoms with Crippen LogP contribution in [-0.4, -0.2) is 6.34 Å². The first-order valence-corrected chi connectivity index (χ1v) is 5.84. The Morgan fingerprint density at radius 2 is 1.33 bits per heavy atom. The van der Waals surface area contributed by atoms with Crippen LogP contribution in [-0.2, 0) is 0 Å². The lowest BCUT2D eigenvalue weighted by Gasteiger charge is -2.18. The second-order valence-corrected chi connectivity index (χ2v) is 3.98. The van der Waals surface area contributed by atoms with Crippen LogP contribution < -0.4 is 10.9 Å². The average Bonchev–Trinajstić information content (AvgIpc) is 2.49. The molecule has 2 aromatic carbocycles. The van der Waals surface area contributed by atoms with Crippen LogP contribution in [0.25, 0.3) is 11.4 Å². The molecule has 0 unspecified atom stereocenters. The molecule has 0 radical (unpaired) electrons. The topological polar surface area (TPSA) is 36.4 Å². The van der Waals surface area contributed by atoms with Gasteiger partial charge in [-0.15, -0.1) is 0 Å². The minimum absolute atomic E-state index is 0.945. The van der Waals surface area contributed by atoms with Crippen LogP contribution in [0.4, 0.5) is 0 Å². The highest BCUT2D eigenvalue weighted by Crippen LogP contribution is 2.25. The van der Waals surface area contributed by atoms with Crippen molar-refractivity contribution < 1.29 is 0 Å². The van der Waals surface area contributed by atoms with Gasteiger partial charge in [-0.25, -0.2) is 4.99 Å². The molecule has 0 fully saturated rings. The van der Waals surface area contributed by atoms with E-state index in [1.54, 1.807) is 6.34 Å². The molecule has 2 aromatic rings. The van der Waals surface area contributed by atoms with E-state index < -0.39 is 0 Å². The van der Waals surface area contributed by atoms with Gasteiger partial charge in [0.2, 0.25) is 0 Å². The second-order valence-electron chi connectivity index (χ2n) is 3.98. The molecule has 0 saturated carbocycles. The monoisotopic (exact) mass is 235 g/mol. The molecule has 3 heteroatoms. The van der Waals surface area contributed by atoms with Gasteiger partial charge in [0.05, 0.1) is 11.4 Å². The number of aliphatic imine (C=N–C) groups is 1. The lowest BCUT2D eigenvalue weighted by Crippen LogP contribution is -2.32. The fourth-order valence-electron chi connectivity index (χ4n) is 1.95. The molecular weight excluding hydrogens is 222 g/mol. The molecule has 0 saturated heterocycles. The first-order chi connectivity index (χ1) is 8.95. The van der Waals surface area contributed by atoms with Crippen molar-refractivity contribution in [2.75, 3.05) is 0 Å². The van der Waals surface area contributed by atoms with E-state index in [0.29, 0.717) is 0 Å². The van der Waals surface area contributed by atoms with Crippen molar-refractivity contribution in [3.05, 3.63) is 71.8 Å². The highest BCUT2D eigenvalue weighted by molar-refractivity contribution is 5.93. The molecule has 0 atom stereocenters. The Balaban J connectivity index is 2.13. The van der Waals surface area contributed by atoms with E-state index in [1.165, 1.54) is 0 Å². The number of nitrogens with one attached hydrogen (secondary N) is 2. The van der Waals surface area contributed by atoms with Crippen LogP contribution in [0.5, 0.6) is 0 Å². The van der Waals surface area contributed by atoms with E-state index in [1.807, 2.05) is 36.4 Å². The Hall–Kier alpha value is -2.55. The number of hydrogen-bond acceptors (Lipinski definition) is 3. The first kappa shape index (κ1) is 10.6. The Labute approximate surface area is 106 Å². The minimum atomic E-state index is 0.945. The number of hydrogen-bond donors (Lipinski definition) is 2. The van der Waals surface area contributed by atoms with Gasteiger partial charge in [-0.05, 0) is 0 Å². The quantitative estimate of drug-likeness (QED) is 0.839. The van der Waals surface area contributed by atoms with Gasteiger partial charge < -0.3 is 0 Å². The predicted octanol–water partition coefficient (Wildman–Crippen LogP) is 2.65. The maximum Gasteiger partial charge on any atom is 0.107 e. The van der Waals surface area contributed by atoms with E-state index in [4.69, 9.17) is 0 Å². The zero-order valence-corrected chi connectivity index (χ0v) is 9.80. The van der Waals surface area contributed by atoms with Crippen molar-refractivity contribution in [2.24, 2.45) is 4.99 Å².